The number of fused-ring (bicyclic) bond motifs is 1. The zero-order chi connectivity index (χ0) is 16.2. The molecule has 3 rings (SSSR count). The lowest BCUT2D eigenvalue weighted by atomic mass is 10.1. The van der Waals surface area contributed by atoms with Crippen molar-refractivity contribution in [2.75, 3.05) is 6.54 Å². The molecule has 0 radical (unpaired) electrons. The number of aromatic nitrogens is 3. The van der Waals surface area contributed by atoms with Gasteiger partial charge in [0.2, 0.25) is 0 Å². The SMILES string of the molecule is Cn1cc2cc(-c3cc(C=CCCNC(=O)O)no3)ccc2n1. The third-order valence-corrected chi connectivity index (χ3v) is 3.31. The zero-order valence-corrected chi connectivity index (χ0v) is 12.6. The normalized spacial score (nSPS) is 11.3. The number of aryl methyl sites for hydroxylation is 1. The standard InChI is InChI=1S/C16H16N4O3/c1-20-10-12-8-11(5-6-14(12)18-20)15-9-13(19-23-15)4-2-3-7-17-16(21)22/h2,4-6,8-10,17H,3,7H2,1H3,(H,21,22). The Kier molecular flexibility index (Phi) is 4.09. The van der Waals surface area contributed by atoms with Crippen LogP contribution in [0.4, 0.5) is 4.79 Å². The Hall–Kier alpha value is -3.09. The molecule has 2 heterocycles. The second kappa shape index (κ2) is 6.35. The van der Waals surface area contributed by atoms with Gasteiger partial charge in [-0.25, -0.2) is 4.79 Å². The fourth-order valence-corrected chi connectivity index (χ4v) is 2.27. The molecule has 3 aromatic rings. The molecular weight excluding hydrogens is 296 g/mol. The first-order valence-electron chi connectivity index (χ1n) is 7.15. The quantitative estimate of drug-likeness (QED) is 0.707. The third kappa shape index (κ3) is 3.57. The summed E-state index contributed by atoms with van der Waals surface area (Å²) in [5.74, 6) is 0.680. The van der Waals surface area contributed by atoms with Gasteiger partial charge >= 0.3 is 6.09 Å². The maximum absolute atomic E-state index is 10.3. The van der Waals surface area contributed by atoms with E-state index in [0.29, 0.717) is 24.4 Å². The van der Waals surface area contributed by atoms with Gasteiger partial charge in [-0.2, -0.15) is 5.10 Å². The lowest BCUT2D eigenvalue weighted by Gasteiger charge is -1.94. The van der Waals surface area contributed by atoms with E-state index in [2.05, 4.69) is 15.6 Å². The highest BCUT2D eigenvalue weighted by molar-refractivity contribution is 5.83. The average Bonchev–Trinajstić information content (AvgIpc) is 3.11. The van der Waals surface area contributed by atoms with Crippen LogP contribution in [0, 0.1) is 0 Å². The van der Waals surface area contributed by atoms with E-state index in [0.717, 1.165) is 16.5 Å². The van der Waals surface area contributed by atoms with Crippen molar-refractivity contribution in [1.29, 1.82) is 0 Å². The largest absolute Gasteiger partial charge is 0.465 e. The summed E-state index contributed by atoms with van der Waals surface area (Å²) in [6, 6.07) is 7.74. The molecule has 0 aliphatic heterocycles. The van der Waals surface area contributed by atoms with Crippen molar-refractivity contribution in [3.63, 3.8) is 0 Å². The van der Waals surface area contributed by atoms with E-state index in [1.165, 1.54) is 0 Å². The van der Waals surface area contributed by atoms with Crippen LogP contribution in [0.3, 0.4) is 0 Å². The maximum atomic E-state index is 10.3. The van der Waals surface area contributed by atoms with E-state index in [1.807, 2.05) is 43.6 Å². The van der Waals surface area contributed by atoms with Crippen LogP contribution < -0.4 is 5.32 Å². The highest BCUT2D eigenvalue weighted by atomic mass is 16.5. The number of nitrogens with zero attached hydrogens (tertiary/aromatic N) is 3. The van der Waals surface area contributed by atoms with Crippen LogP contribution in [-0.2, 0) is 7.05 Å². The number of amides is 1. The van der Waals surface area contributed by atoms with E-state index >= 15 is 0 Å². The number of rotatable bonds is 5. The second-order valence-corrected chi connectivity index (χ2v) is 5.12. The first kappa shape index (κ1) is 14.8. The minimum Gasteiger partial charge on any atom is -0.465 e. The number of benzene rings is 1. The van der Waals surface area contributed by atoms with Gasteiger partial charge in [0.15, 0.2) is 5.76 Å². The molecule has 7 heteroatoms. The summed E-state index contributed by atoms with van der Waals surface area (Å²) in [7, 11) is 1.89. The first-order valence-corrected chi connectivity index (χ1v) is 7.15. The lowest BCUT2D eigenvalue weighted by molar-refractivity contribution is 0.194. The summed E-state index contributed by atoms with van der Waals surface area (Å²) in [6.07, 6.45) is 5.18. The van der Waals surface area contributed by atoms with E-state index in [4.69, 9.17) is 9.63 Å². The van der Waals surface area contributed by atoms with E-state index < -0.39 is 6.09 Å². The Morgan fingerprint density at radius 3 is 3.13 bits per heavy atom. The minimum absolute atomic E-state index is 0.369. The van der Waals surface area contributed by atoms with E-state index in [-0.39, 0.29) is 0 Å². The number of nitrogens with one attached hydrogen (secondary N) is 1. The van der Waals surface area contributed by atoms with Gasteiger partial charge in [0.1, 0.15) is 5.69 Å². The highest BCUT2D eigenvalue weighted by Gasteiger charge is 2.07. The van der Waals surface area contributed by atoms with Crippen LogP contribution >= 0.6 is 0 Å². The van der Waals surface area contributed by atoms with Gasteiger partial charge < -0.3 is 14.9 Å². The molecule has 0 saturated carbocycles. The monoisotopic (exact) mass is 312 g/mol. The molecule has 0 aliphatic rings. The van der Waals surface area contributed by atoms with Crippen LogP contribution in [0.15, 0.2) is 41.1 Å². The predicted molar refractivity (Wildman–Crippen MR) is 85.9 cm³/mol. The van der Waals surface area contributed by atoms with E-state index in [9.17, 15) is 4.79 Å². The third-order valence-electron chi connectivity index (χ3n) is 3.31. The van der Waals surface area contributed by atoms with Gasteiger partial charge in [-0.15, -0.1) is 0 Å². The topological polar surface area (TPSA) is 93.2 Å². The van der Waals surface area contributed by atoms with E-state index in [1.54, 1.807) is 10.8 Å². The van der Waals surface area contributed by atoms with Crippen molar-refractivity contribution in [3.05, 3.63) is 42.2 Å². The minimum atomic E-state index is -1.02. The fourth-order valence-electron chi connectivity index (χ4n) is 2.27. The van der Waals surface area contributed by atoms with Crippen molar-refractivity contribution in [2.24, 2.45) is 7.05 Å². The molecule has 0 atom stereocenters. The number of carbonyl (C=O) groups is 1. The molecule has 0 aliphatic carbocycles. The Morgan fingerprint density at radius 1 is 1.43 bits per heavy atom. The second-order valence-electron chi connectivity index (χ2n) is 5.12. The fraction of sp³-hybridized carbons (Fsp3) is 0.188. The lowest BCUT2D eigenvalue weighted by Crippen LogP contribution is -2.21. The van der Waals surface area contributed by atoms with Crippen LogP contribution in [0.1, 0.15) is 12.1 Å². The average molecular weight is 312 g/mol. The van der Waals surface area contributed by atoms with Crippen LogP contribution in [-0.4, -0.2) is 32.7 Å². The summed E-state index contributed by atoms with van der Waals surface area (Å²) >= 11 is 0. The van der Waals surface area contributed by atoms with Crippen molar-refractivity contribution in [3.8, 4) is 11.3 Å². The molecule has 0 spiro atoms. The Labute approximate surface area is 132 Å². The molecule has 7 nitrogen and oxygen atoms in total. The number of carboxylic acid groups (broad SMARTS) is 1. The molecule has 1 aromatic carbocycles. The van der Waals surface area contributed by atoms with Crippen LogP contribution in [0.5, 0.6) is 0 Å². The highest BCUT2D eigenvalue weighted by Crippen LogP contribution is 2.24. The van der Waals surface area contributed by atoms with Crippen LogP contribution in [0.2, 0.25) is 0 Å². The first-order chi connectivity index (χ1) is 11.1. The summed E-state index contributed by atoms with van der Waals surface area (Å²) in [5.41, 5.74) is 2.56. The predicted octanol–water partition coefficient (Wildman–Crippen LogP) is 2.90. The number of hydrogen-bond acceptors (Lipinski definition) is 4. The zero-order valence-electron chi connectivity index (χ0n) is 12.6. The molecule has 2 aromatic heterocycles. The van der Waals surface area contributed by atoms with Gasteiger partial charge in [0.25, 0.3) is 0 Å². The molecule has 0 saturated heterocycles. The van der Waals surface area contributed by atoms with Crippen LogP contribution in [0.25, 0.3) is 28.3 Å². The van der Waals surface area contributed by atoms with Gasteiger partial charge in [0.05, 0.1) is 5.52 Å². The maximum Gasteiger partial charge on any atom is 0.404 e. The van der Waals surface area contributed by atoms with Crippen molar-refractivity contribution < 1.29 is 14.4 Å². The van der Waals surface area contributed by atoms with Crippen molar-refractivity contribution >= 4 is 23.1 Å². The molecule has 118 valence electrons. The number of hydrogen-bond donors (Lipinski definition) is 2. The van der Waals surface area contributed by atoms with Gasteiger partial charge in [-0.05, 0) is 30.7 Å². The Balaban J connectivity index is 1.70. The molecule has 0 fully saturated rings. The molecule has 0 bridgehead atoms. The summed E-state index contributed by atoms with van der Waals surface area (Å²) in [4.78, 5) is 10.3. The molecule has 23 heavy (non-hydrogen) atoms. The van der Waals surface area contributed by atoms with Gasteiger partial charge in [-0.3, -0.25) is 4.68 Å². The molecular formula is C16H16N4O3. The Bertz CT molecular complexity index is 863. The summed E-state index contributed by atoms with van der Waals surface area (Å²) in [6.45, 7) is 0.369. The smallest absolute Gasteiger partial charge is 0.404 e. The summed E-state index contributed by atoms with van der Waals surface area (Å²) in [5, 5.41) is 20.1. The molecule has 2 N–H and O–H groups in total. The molecule has 1 amide bonds. The van der Waals surface area contributed by atoms with Crippen molar-refractivity contribution in [2.45, 2.75) is 6.42 Å². The summed E-state index contributed by atoms with van der Waals surface area (Å²) < 4.78 is 7.14. The van der Waals surface area contributed by atoms with Crippen molar-refractivity contribution in [1.82, 2.24) is 20.3 Å². The Morgan fingerprint density at radius 2 is 2.30 bits per heavy atom. The van der Waals surface area contributed by atoms with Gasteiger partial charge in [-0.1, -0.05) is 11.2 Å². The molecule has 0 unspecified atom stereocenters. The van der Waals surface area contributed by atoms with Gasteiger partial charge in [0, 0.05) is 36.8 Å².